The number of carboxylic acids is 1. The molecule has 0 aliphatic heterocycles. The first-order valence-electron chi connectivity index (χ1n) is 5.26. The van der Waals surface area contributed by atoms with E-state index in [1.54, 1.807) is 7.05 Å². The predicted octanol–water partition coefficient (Wildman–Crippen LogP) is -0.216. The predicted molar refractivity (Wildman–Crippen MR) is 60.7 cm³/mol. The molecule has 0 aliphatic carbocycles. The number of rotatable bonds is 6. The molecule has 1 rings (SSSR count). The molecule has 0 aliphatic rings. The van der Waals surface area contributed by atoms with Gasteiger partial charge in [-0.1, -0.05) is 0 Å². The Balaban J connectivity index is 2.87. The molecule has 1 aromatic rings. The van der Waals surface area contributed by atoms with Crippen LogP contribution in [0.4, 0.5) is 0 Å². The van der Waals surface area contributed by atoms with E-state index in [-0.39, 0.29) is 11.1 Å². The number of nitrogens with zero attached hydrogens (tertiary/aromatic N) is 1. The van der Waals surface area contributed by atoms with Crippen molar-refractivity contribution in [3.8, 4) is 0 Å². The van der Waals surface area contributed by atoms with Gasteiger partial charge in [0.25, 0.3) is 0 Å². The lowest BCUT2D eigenvalue weighted by Gasteiger charge is -2.19. The Morgan fingerprint density at radius 2 is 2.24 bits per heavy atom. The van der Waals surface area contributed by atoms with Crippen molar-refractivity contribution in [2.24, 2.45) is 0 Å². The van der Waals surface area contributed by atoms with Crippen molar-refractivity contribution >= 4 is 5.97 Å². The summed E-state index contributed by atoms with van der Waals surface area (Å²) in [6.07, 6.45) is 0.648. The highest BCUT2D eigenvalue weighted by atomic mass is 16.4. The Kier molecular flexibility index (Phi) is 5.02. The molecule has 6 heteroatoms. The summed E-state index contributed by atoms with van der Waals surface area (Å²) < 4.78 is 0. The molecule has 0 saturated carbocycles. The fourth-order valence-electron chi connectivity index (χ4n) is 1.49. The van der Waals surface area contributed by atoms with Crippen LogP contribution in [-0.4, -0.2) is 46.0 Å². The summed E-state index contributed by atoms with van der Waals surface area (Å²) in [6.45, 7) is 0.529. The van der Waals surface area contributed by atoms with Gasteiger partial charge in [0.1, 0.15) is 6.10 Å². The number of hydrogen-bond acceptors (Lipinski definition) is 5. The molecule has 0 aromatic carbocycles. The third-order valence-electron chi connectivity index (χ3n) is 2.46. The van der Waals surface area contributed by atoms with Gasteiger partial charge in [-0.05, 0) is 26.1 Å². The number of aromatic carboxylic acids is 1. The lowest BCUT2D eigenvalue weighted by Crippen LogP contribution is -2.24. The molecule has 1 heterocycles. The molecule has 0 amide bonds. The van der Waals surface area contributed by atoms with Gasteiger partial charge in [0.2, 0.25) is 0 Å². The average Bonchev–Trinajstić information content (AvgIpc) is 2.34. The van der Waals surface area contributed by atoms with Crippen molar-refractivity contribution in [3.63, 3.8) is 0 Å². The Hall–Kier alpha value is -1.50. The summed E-state index contributed by atoms with van der Waals surface area (Å²) in [5.74, 6) is -1.15. The first kappa shape index (κ1) is 13.6. The van der Waals surface area contributed by atoms with E-state index in [1.165, 1.54) is 18.5 Å². The molecule has 0 spiro atoms. The van der Waals surface area contributed by atoms with Gasteiger partial charge in [0, 0.05) is 18.0 Å². The molecule has 2 atom stereocenters. The van der Waals surface area contributed by atoms with Crippen LogP contribution in [0.15, 0.2) is 18.5 Å². The van der Waals surface area contributed by atoms with Crippen molar-refractivity contribution < 1.29 is 20.1 Å². The quantitative estimate of drug-likeness (QED) is 0.548. The van der Waals surface area contributed by atoms with Crippen LogP contribution in [0.1, 0.15) is 28.4 Å². The van der Waals surface area contributed by atoms with Crippen LogP contribution < -0.4 is 5.32 Å². The van der Waals surface area contributed by atoms with E-state index >= 15 is 0 Å². The van der Waals surface area contributed by atoms with Crippen LogP contribution >= 0.6 is 0 Å². The van der Waals surface area contributed by atoms with Gasteiger partial charge in [-0.3, -0.25) is 4.98 Å². The van der Waals surface area contributed by atoms with E-state index in [4.69, 9.17) is 5.11 Å². The normalized spacial score (nSPS) is 14.3. The first-order valence-corrected chi connectivity index (χ1v) is 5.26. The largest absolute Gasteiger partial charge is 0.478 e. The minimum atomic E-state index is -1.25. The molecule has 0 saturated heterocycles. The van der Waals surface area contributed by atoms with E-state index in [9.17, 15) is 15.0 Å². The van der Waals surface area contributed by atoms with Crippen LogP contribution in [0.5, 0.6) is 0 Å². The number of carboxylic acid groups (broad SMARTS) is 1. The van der Waals surface area contributed by atoms with Gasteiger partial charge in [-0.15, -0.1) is 0 Å². The Morgan fingerprint density at radius 3 is 2.82 bits per heavy atom. The second-order valence-electron chi connectivity index (χ2n) is 3.67. The molecule has 2 unspecified atom stereocenters. The summed E-state index contributed by atoms with van der Waals surface area (Å²) in [7, 11) is 1.73. The fraction of sp³-hybridized carbons (Fsp3) is 0.455. The summed E-state index contributed by atoms with van der Waals surface area (Å²) >= 11 is 0. The number of hydrogen-bond donors (Lipinski definition) is 4. The molecule has 94 valence electrons. The Bertz CT molecular complexity index is 383. The zero-order valence-corrected chi connectivity index (χ0v) is 9.50. The third-order valence-corrected chi connectivity index (χ3v) is 2.46. The number of nitrogens with one attached hydrogen (secondary N) is 1. The molecule has 0 radical (unpaired) electrons. The standard InChI is InChI=1S/C11H16N2O4/c1-12-4-3-9(14)10(15)8-6-13-5-2-7(8)11(16)17/h2,5-6,9-10,12,14-15H,3-4H2,1H3,(H,16,17). The Labute approximate surface area is 98.9 Å². The third kappa shape index (κ3) is 3.48. The van der Waals surface area contributed by atoms with E-state index in [1.807, 2.05) is 0 Å². The minimum Gasteiger partial charge on any atom is -0.478 e. The average molecular weight is 240 g/mol. The van der Waals surface area contributed by atoms with E-state index < -0.39 is 18.2 Å². The van der Waals surface area contributed by atoms with E-state index in [2.05, 4.69) is 10.3 Å². The molecule has 0 bridgehead atoms. The van der Waals surface area contributed by atoms with Crippen molar-refractivity contribution in [1.29, 1.82) is 0 Å². The highest BCUT2D eigenvalue weighted by Gasteiger charge is 2.23. The fourth-order valence-corrected chi connectivity index (χ4v) is 1.49. The van der Waals surface area contributed by atoms with E-state index in [0.717, 1.165) is 0 Å². The van der Waals surface area contributed by atoms with E-state index in [0.29, 0.717) is 13.0 Å². The smallest absolute Gasteiger partial charge is 0.336 e. The lowest BCUT2D eigenvalue weighted by molar-refractivity contribution is 0.0129. The zero-order valence-electron chi connectivity index (χ0n) is 9.50. The molecular formula is C11H16N2O4. The number of aromatic nitrogens is 1. The number of aliphatic hydroxyl groups excluding tert-OH is 2. The lowest BCUT2D eigenvalue weighted by atomic mass is 9.99. The van der Waals surface area contributed by atoms with Crippen molar-refractivity contribution in [2.75, 3.05) is 13.6 Å². The highest BCUT2D eigenvalue weighted by molar-refractivity contribution is 5.89. The topological polar surface area (TPSA) is 103 Å². The second kappa shape index (κ2) is 6.29. The molecule has 0 fully saturated rings. The van der Waals surface area contributed by atoms with Crippen molar-refractivity contribution in [3.05, 3.63) is 29.6 Å². The van der Waals surface area contributed by atoms with Crippen LogP contribution in [-0.2, 0) is 0 Å². The van der Waals surface area contributed by atoms with Crippen LogP contribution in [0.25, 0.3) is 0 Å². The van der Waals surface area contributed by atoms with Crippen LogP contribution in [0.2, 0.25) is 0 Å². The second-order valence-corrected chi connectivity index (χ2v) is 3.67. The zero-order chi connectivity index (χ0) is 12.8. The first-order chi connectivity index (χ1) is 8.07. The van der Waals surface area contributed by atoms with Crippen LogP contribution in [0.3, 0.4) is 0 Å². The molecular weight excluding hydrogens is 224 g/mol. The highest BCUT2D eigenvalue weighted by Crippen LogP contribution is 2.21. The van der Waals surface area contributed by atoms with Crippen molar-refractivity contribution in [2.45, 2.75) is 18.6 Å². The maximum Gasteiger partial charge on any atom is 0.336 e. The molecule has 4 N–H and O–H groups in total. The maximum atomic E-state index is 10.9. The molecule has 6 nitrogen and oxygen atoms in total. The van der Waals surface area contributed by atoms with Gasteiger partial charge in [0.05, 0.1) is 11.7 Å². The summed E-state index contributed by atoms with van der Waals surface area (Å²) in [6, 6.07) is 1.30. The summed E-state index contributed by atoms with van der Waals surface area (Å²) in [5.41, 5.74) is 0.0830. The van der Waals surface area contributed by atoms with Gasteiger partial charge in [-0.2, -0.15) is 0 Å². The van der Waals surface area contributed by atoms with Gasteiger partial charge < -0.3 is 20.6 Å². The van der Waals surface area contributed by atoms with Gasteiger partial charge >= 0.3 is 5.97 Å². The monoisotopic (exact) mass is 240 g/mol. The van der Waals surface area contributed by atoms with Crippen LogP contribution in [0, 0.1) is 0 Å². The number of aliphatic hydroxyl groups is 2. The van der Waals surface area contributed by atoms with Gasteiger partial charge in [0.15, 0.2) is 0 Å². The minimum absolute atomic E-state index is 0.0454. The molecule has 17 heavy (non-hydrogen) atoms. The summed E-state index contributed by atoms with van der Waals surface area (Å²) in [5, 5.41) is 31.3. The maximum absolute atomic E-state index is 10.9. The summed E-state index contributed by atoms with van der Waals surface area (Å²) in [4.78, 5) is 14.7. The number of pyridine rings is 1. The SMILES string of the molecule is CNCCC(O)C(O)c1cnccc1C(=O)O. The van der Waals surface area contributed by atoms with Gasteiger partial charge in [-0.25, -0.2) is 4.79 Å². The van der Waals surface area contributed by atoms with Crippen molar-refractivity contribution in [1.82, 2.24) is 10.3 Å². The molecule has 1 aromatic heterocycles. The Morgan fingerprint density at radius 1 is 1.53 bits per heavy atom. The number of carbonyl (C=O) groups is 1.